The van der Waals surface area contributed by atoms with Gasteiger partial charge in [-0.2, -0.15) is 0 Å². The molecule has 1 saturated carbocycles. The van der Waals surface area contributed by atoms with E-state index in [1.54, 1.807) is 0 Å². The molecule has 1 aliphatic rings. The van der Waals surface area contributed by atoms with Gasteiger partial charge in [-0.05, 0) is 31.7 Å². The molecule has 0 amide bonds. The molecule has 3 heteroatoms. The fourth-order valence-electron chi connectivity index (χ4n) is 3.31. The number of hydrogen-bond acceptors (Lipinski definition) is 3. The Hall–Kier alpha value is -1.19. The molecule has 0 saturated heterocycles. The molecule has 3 rings (SSSR count). The molecule has 0 bridgehead atoms. The maximum Gasteiger partial charge on any atom is 0.0935 e. The largest absolute Gasteiger partial charge is 0.317 e. The third-order valence-electron chi connectivity index (χ3n) is 4.66. The highest BCUT2D eigenvalue weighted by Crippen LogP contribution is 2.35. The molecule has 0 aliphatic heterocycles. The van der Waals surface area contributed by atoms with Crippen molar-refractivity contribution in [1.29, 1.82) is 0 Å². The Morgan fingerprint density at radius 3 is 2.75 bits per heavy atom. The average molecular weight is 286 g/mol. The second kappa shape index (κ2) is 6.06. The topological polar surface area (TPSA) is 24.9 Å². The van der Waals surface area contributed by atoms with E-state index in [-0.39, 0.29) is 0 Å². The maximum atomic E-state index is 4.83. The highest BCUT2D eigenvalue weighted by Gasteiger charge is 2.32. The van der Waals surface area contributed by atoms with E-state index in [0.29, 0.717) is 6.04 Å². The lowest BCUT2D eigenvalue weighted by Crippen LogP contribution is -2.29. The van der Waals surface area contributed by atoms with Crippen molar-refractivity contribution in [3.05, 3.63) is 40.7 Å². The fraction of sp³-hybridized carbons (Fsp3) is 0.471. The van der Waals surface area contributed by atoms with Crippen molar-refractivity contribution in [3.63, 3.8) is 0 Å². The number of thiazole rings is 1. The Bertz CT molecular complexity index is 549. The van der Waals surface area contributed by atoms with Gasteiger partial charge in [0.25, 0.3) is 0 Å². The van der Waals surface area contributed by atoms with Crippen LogP contribution in [0.1, 0.15) is 24.8 Å². The van der Waals surface area contributed by atoms with Crippen molar-refractivity contribution in [1.82, 2.24) is 10.3 Å². The van der Waals surface area contributed by atoms with Crippen LogP contribution in [0.25, 0.3) is 11.3 Å². The van der Waals surface area contributed by atoms with Gasteiger partial charge in [0.1, 0.15) is 0 Å². The molecule has 0 radical (unpaired) electrons. The van der Waals surface area contributed by atoms with Crippen molar-refractivity contribution < 1.29 is 0 Å². The molecule has 106 valence electrons. The summed E-state index contributed by atoms with van der Waals surface area (Å²) in [6, 6.07) is 11.2. The fourth-order valence-corrected chi connectivity index (χ4v) is 4.21. The first-order chi connectivity index (χ1) is 9.78. The van der Waals surface area contributed by atoms with Gasteiger partial charge in [0.05, 0.1) is 10.7 Å². The number of aromatic nitrogens is 1. The Balaban J connectivity index is 1.69. The minimum atomic E-state index is 0.688. The first-order valence-electron chi connectivity index (χ1n) is 7.45. The molecule has 20 heavy (non-hydrogen) atoms. The molecular formula is C17H22N2S. The van der Waals surface area contributed by atoms with Crippen LogP contribution < -0.4 is 5.32 Å². The van der Waals surface area contributed by atoms with E-state index < -0.39 is 0 Å². The summed E-state index contributed by atoms with van der Waals surface area (Å²) < 4.78 is 0. The summed E-state index contributed by atoms with van der Waals surface area (Å²) in [6.45, 7) is 2.38. The summed E-state index contributed by atoms with van der Waals surface area (Å²) in [7, 11) is 2.08. The first-order valence-corrected chi connectivity index (χ1v) is 8.33. The molecule has 1 aromatic heterocycles. The van der Waals surface area contributed by atoms with Gasteiger partial charge in [0, 0.05) is 23.4 Å². The zero-order valence-corrected chi connectivity index (χ0v) is 13.0. The van der Waals surface area contributed by atoms with Gasteiger partial charge in [0.15, 0.2) is 0 Å². The molecule has 0 spiro atoms. The predicted octanol–water partition coefficient (Wildman–Crippen LogP) is 3.99. The van der Waals surface area contributed by atoms with Crippen molar-refractivity contribution in [2.75, 3.05) is 7.05 Å². The molecule has 1 N–H and O–H groups in total. The summed E-state index contributed by atoms with van der Waals surface area (Å²) in [4.78, 5) is 4.83. The Morgan fingerprint density at radius 2 is 2.05 bits per heavy atom. The summed E-state index contributed by atoms with van der Waals surface area (Å²) in [5, 5.41) is 6.93. The van der Waals surface area contributed by atoms with Crippen LogP contribution in [0.4, 0.5) is 0 Å². The van der Waals surface area contributed by atoms with Crippen LogP contribution in [-0.4, -0.2) is 18.1 Å². The lowest BCUT2D eigenvalue weighted by molar-refractivity contribution is 0.364. The molecule has 3 atom stereocenters. The van der Waals surface area contributed by atoms with Crippen molar-refractivity contribution in [2.45, 2.75) is 32.2 Å². The number of hydrogen-bond donors (Lipinski definition) is 1. The minimum Gasteiger partial charge on any atom is -0.317 e. The van der Waals surface area contributed by atoms with Crippen molar-refractivity contribution >= 4 is 11.3 Å². The lowest BCUT2D eigenvalue weighted by atomic mass is 9.93. The van der Waals surface area contributed by atoms with Gasteiger partial charge >= 0.3 is 0 Å². The average Bonchev–Trinajstić information content (AvgIpc) is 3.08. The highest BCUT2D eigenvalue weighted by molar-refractivity contribution is 7.09. The van der Waals surface area contributed by atoms with Gasteiger partial charge in [-0.1, -0.05) is 37.3 Å². The number of nitrogens with zero attached hydrogens (tertiary/aromatic N) is 1. The number of rotatable bonds is 4. The van der Waals surface area contributed by atoms with Gasteiger partial charge in [-0.15, -0.1) is 11.3 Å². The predicted molar refractivity (Wildman–Crippen MR) is 86.0 cm³/mol. The number of benzene rings is 1. The Morgan fingerprint density at radius 1 is 1.25 bits per heavy atom. The van der Waals surface area contributed by atoms with Crippen LogP contribution in [0.2, 0.25) is 0 Å². The quantitative estimate of drug-likeness (QED) is 0.919. The van der Waals surface area contributed by atoms with Crippen LogP contribution in [0.5, 0.6) is 0 Å². The number of nitrogens with one attached hydrogen (secondary N) is 1. The SMILES string of the molecule is CNC1CCC(Cc2nc(-c3ccccc3)cs2)C1C. The van der Waals surface area contributed by atoms with Crippen LogP contribution in [0, 0.1) is 11.8 Å². The highest BCUT2D eigenvalue weighted by atomic mass is 32.1. The Kier molecular flexibility index (Phi) is 4.18. The van der Waals surface area contributed by atoms with Gasteiger partial charge in [0.2, 0.25) is 0 Å². The Labute approximate surface area is 125 Å². The molecule has 1 aliphatic carbocycles. The van der Waals surface area contributed by atoms with E-state index >= 15 is 0 Å². The van der Waals surface area contributed by atoms with Crippen molar-refractivity contribution in [3.8, 4) is 11.3 Å². The van der Waals surface area contributed by atoms with Crippen molar-refractivity contribution in [2.24, 2.45) is 11.8 Å². The summed E-state index contributed by atoms with van der Waals surface area (Å²) in [5.74, 6) is 1.53. The molecule has 3 unspecified atom stereocenters. The molecular weight excluding hydrogens is 264 g/mol. The lowest BCUT2D eigenvalue weighted by Gasteiger charge is -2.19. The van der Waals surface area contributed by atoms with E-state index in [0.717, 1.165) is 24.0 Å². The van der Waals surface area contributed by atoms with Crippen LogP contribution >= 0.6 is 11.3 Å². The standard InChI is InChI=1S/C17H22N2S/c1-12-14(8-9-15(12)18-2)10-17-19-16(11-20-17)13-6-4-3-5-7-13/h3-7,11-12,14-15,18H,8-10H2,1-2H3. The third kappa shape index (κ3) is 2.79. The molecule has 2 nitrogen and oxygen atoms in total. The van der Waals surface area contributed by atoms with E-state index in [1.807, 2.05) is 11.3 Å². The van der Waals surface area contributed by atoms with Crippen LogP contribution in [0.15, 0.2) is 35.7 Å². The maximum absolute atomic E-state index is 4.83. The van der Waals surface area contributed by atoms with E-state index in [2.05, 4.69) is 55.0 Å². The molecule has 1 aromatic carbocycles. The monoisotopic (exact) mass is 286 g/mol. The molecule has 2 aromatic rings. The third-order valence-corrected chi connectivity index (χ3v) is 5.53. The smallest absolute Gasteiger partial charge is 0.0935 e. The zero-order chi connectivity index (χ0) is 13.9. The van der Waals surface area contributed by atoms with Gasteiger partial charge < -0.3 is 5.32 Å². The zero-order valence-electron chi connectivity index (χ0n) is 12.2. The van der Waals surface area contributed by atoms with Gasteiger partial charge in [-0.3, -0.25) is 0 Å². The van der Waals surface area contributed by atoms with E-state index in [4.69, 9.17) is 4.98 Å². The second-order valence-corrected chi connectivity index (χ2v) is 6.73. The molecule has 1 fully saturated rings. The van der Waals surface area contributed by atoms with Crippen LogP contribution in [-0.2, 0) is 6.42 Å². The summed E-state index contributed by atoms with van der Waals surface area (Å²) in [6.07, 6.45) is 3.77. The minimum absolute atomic E-state index is 0.688. The first kappa shape index (κ1) is 13.8. The van der Waals surface area contributed by atoms with E-state index in [1.165, 1.54) is 23.4 Å². The van der Waals surface area contributed by atoms with Crippen LogP contribution in [0.3, 0.4) is 0 Å². The normalized spacial score (nSPS) is 26.0. The van der Waals surface area contributed by atoms with E-state index in [9.17, 15) is 0 Å². The molecule has 1 heterocycles. The summed E-state index contributed by atoms with van der Waals surface area (Å²) in [5.41, 5.74) is 2.35. The second-order valence-electron chi connectivity index (χ2n) is 5.79. The summed E-state index contributed by atoms with van der Waals surface area (Å²) >= 11 is 1.81. The van der Waals surface area contributed by atoms with Gasteiger partial charge in [-0.25, -0.2) is 4.98 Å².